The van der Waals surface area contributed by atoms with E-state index in [0.29, 0.717) is 48.7 Å². The SMILES string of the molecule is CCCC(=O)N1CCC(C(=O)Nc2cccc(Cl)c2-n2cncn2)CC1. The minimum atomic E-state index is -0.122. The molecule has 3 rings (SSSR count). The number of anilines is 1. The van der Waals surface area contributed by atoms with Gasteiger partial charge in [-0.1, -0.05) is 24.6 Å². The molecule has 1 fully saturated rings. The molecule has 7 nitrogen and oxygen atoms in total. The smallest absolute Gasteiger partial charge is 0.227 e. The summed E-state index contributed by atoms with van der Waals surface area (Å²) in [5.74, 6) is -0.00542. The van der Waals surface area contributed by atoms with Gasteiger partial charge in [-0.3, -0.25) is 9.59 Å². The maximum atomic E-state index is 12.7. The van der Waals surface area contributed by atoms with Crippen molar-refractivity contribution in [2.75, 3.05) is 18.4 Å². The second kappa shape index (κ2) is 8.31. The summed E-state index contributed by atoms with van der Waals surface area (Å²) in [6.07, 6.45) is 5.70. The van der Waals surface area contributed by atoms with Gasteiger partial charge in [0.05, 0.1) is 10.7 Å². The Hall–Kier alpha value is -2.41. The first-order chi connectivity index (χ1) is 12.6. The van der Waals surface area contributed by atoms with Crippen LogP contribution in [-0.4, -0.2) is 44.6 Å². The van der Waals surface area contributed by atoms with Gasteiger partial charge in [0.25, 0.3) is 0 Å². The summed E-state index contributed by atoms with van der Waals surface area (Å²) in [5, 5.41) is 7.54. The molecule has 0 radical (unpaired) electrons. The molecule has 138 valence electrons. The van der Waals surface area contributed by atoms with Gasteiger partial charge in [0.15, 0.2) is 0 Å². The summed E-state index contributed by atoms with van der Waals surface area (Å²) < 4.78 is 1.53. The van der Waals surface area contributed by atoms with Crippen LogP contribution in [0.1, 0.15) is 32.6 Å². The topological polar surface area (TPSA) is 80.1 Å². The van der Waals surface area contributed by atoms with Crippen LogP contribution in [0.4, 0.5) is 5.69 Å². The summed E-state index contributed by atoms with van der Waals surface area (Å²) in [6, 6.07) is 5.32. The molecule has 2 amide bonds. The van der Waals surface area contributed by atoms with Crippen LogP contribution >= 0.6 is 11.6 Å². The van der Waals surface area contributed by atoms with Gasteiger partial charge in [0.1, 0.15) is 18.3 Å². The number of aromatic nitrogens is 3. The number of hydrogen-bond acceptors (Lipinski definition) is 4. The van der Waals surface area contributed by atoms with Crippen LogP contribution in [0.25, 0.3) is 5.69 Å². The van der Waals surface area contributed by atoms with Crippen LogP contribution in [0.15, 0.2) is 30.9 Å². The minimum Gasteiger partial charge on any atom is -0.343 e. The average molecular weight is 376 g/mol. The van der Waals surface area contributed by atoms with E-state index in [1.165, 1.54) is 17.3 Å². The first kappa shape index (κ1) is 18.4. The van der Waals surface area contributed by atoms with Crippen LogP contribution < -0.4 is 5.32 Å². The Kier molecular flexibility index (Phi) is 5.88. The monoisotopic (exact) mass is 375 g/mol. The van der Waals surface area contributed by atoms with E-state index in [-0.39, 0.29) is 17.7 Å². The van der Waals surface area contributed by atoms with Crippen molar-refractivity contribution in [2.45, 2.75) is 32.6 Å². The molecule has 0 aliphatic carbocycles. The van der Waals surface area contributed by atoms with Gasteiger partial charge in [0.2, 0.25) is 11.8 Å². The second-order valence-electron chi connectivity index (χ2n) is 6.37. The van der Waals surface area contributed by atoms with Crippen LogP contribution in [-0.2, 0) is 9.59 Å². The van der Waals surface area contributed by atoms with Crippen molar-refractivity contribution in [3.05, 3.63) is 35.9 Å². The highest BCUT2D eigenvalue weighted by molar-refractivity contribution is 6.33. The number of hydrogen-bond donors (Lipinski definition) is 1. The maximum Gasteiger partial charge on any atom is 0.227 e. The highest BCUT2D eigenvalue weighted by Gasteiger charge is 2.27. The zero-order chi connectivity index (χ0) is 18.5. The number of halogens is 1. The molecule has 2 heterocycles. The zero-order valence-electron chi connectivity index (χ0n) is 14.7. The largest absolute Gasteiger partial charge is 0.343 e. The number of carbonyl (C=O) groups is 2. The molecule has 1 aliphatic rings. The van der Waals surface area contributed by atoms with Gasteiger partial charge < -0.3 is 10.2 Å². The van der Waals surface area contributed by atoms with Crippen molar-refractivity contribution in [1.82, 2.24) is 19.7 Å². The minimum absolute atomic E-state index is 0.0591. The van der Waals surface area contributed by atoms with Crippen molar-refractivity contribution in [3.63, 3.8) is 0 Å². The average Bonchev–Trinajstić information content (AvgIpc) is 3.16. The molecule has 1 aromatic heterocycles. The van der Waals surface area contributed by atoms with Gasteiger partial charge in [0, 0.05) is 25.4 Å². The lowest BCUT2D eigenvalue weighted by Gasteiger charge is -2.31. The van der Waals surface area contributed by atoms with Gasteiger partial charge >= 0.3 is 0 Å². The molecule has 0 bridgehead atoms. The quantitative estimate of drug-likeness (QED) is 0.871. The third-order valence-corrected chi connectivity index (χ3v) is 4.88. The zero-order valence-corrected chi connectivity index (χ0v) is 15.4. The Labute approximate surface area is 157 Å². The van der Waals surface area contributed by atoms with Crippen LogP contribution in [0.2, 0.25) is 5.02 Å². The maximum absolute atomic E-state index is 12.7. The lowest BCUT2D eigenvalue weighted by molar-refractivity contribution is -0.134. The van der Waals surface area contributed by atoms with E-state index in [2.05, 4.69) is 15.4 Å². The number of rotatable bonds is 5. The number of nitrogens with zero attached hydrogens (tertiary/aromatic N) is 4. The van der Waals surface area contributed by atoms with Gasteiger partial charge in [-0.25, -0.2) is 9.67 Å². The van der Waals surface area contributed by atoms with Crippen LogP contribution in [0, 0.1) is 5.92 Å². The molecule has 1 aromatic carbocycles. The number of para-hydroxylation sites is 1. The van der Waals surface area contributed by atoms with E-state index >= 15 is 0 Å². The number of carbonyl (C=O) groups excluding carboxylic acids is 2. The number of nitrogens with one attached hydrogen (secondary N) is 1. The Bertz CT molecular complexity index is 770. The molecule has 0 saturated carbocycles. The molecular weight excluding hydrogens is 354 g/mol. The second-order valence-corrected chi connectivity index (χ2v) is 6.78. The van der Waals surface area contributed by atoms with Crippen molar-refractivity contribution < 1.29 is 9.59 Å². The van der Waals surface area contributed by atoms with E-state index in [4.69, 9.17) is 11.6 Å². The standard InChI is InChI=1S/C18H22ClN5O2/c1-2-4-16(25)23-9-7-13(8-10-23)18(26)22-15-6-3-5-14(19)17(15)24-12-20-11-21-24/h3,5-6,11-13H,2,4,7-10H2,1H3,(H,22,26). The third-order valence-electron chi connectivity index (χ3n) is 4.57. The molecule has 1 N–H and O–H groups in total. The van der Waals surface area contributed by atoms with Crippen molar-refractivity contribution in [3.8, 4) is 5.69 Å². The summed E-state index contributed by atoms with van der Waals surface area (Å²) >= 11 is 6.29. The van der Waals surface area contributed by atoms with Gasteiger partial charge in [-0.05, 0) is 31.4 Å². The lowest BCUT2D eigenvalue weighted by Crippen LogP contribution is -2.41. The molecule has 8 heteroatoms. The molecule has 1 aliphatic heterocycles. The number of benzene rings is 1. The molecule has 0 unspecified atom stereocenters. The molecule has 0 spiro atoms. The number of amides is 2. The van der Waals surface area contributed by atoms with Crippen molar-refractivity contribution in [2.24, 2.45) is 5.92 Å². The summed E-state index contributed by atoms with van der Waals surface area (Å²) in [5.41, 5.74) is 1.19. The van der Waals surface area contributed by atoms with Crippen molar-refractivity contribution >= 4 is 29.1 Å². The number of piperidine rings is 1. The first-order valence-corrected chi connectivity index (χ1v) is 9.20. The molecule has 2 aromatic rings. The summed E-state index contributed by atoms with van der Waals surface area (Å²) in [6.45, 7) is 3.25. The van der Waals surface area contributed by atoms with Crippen molar-refractivity contribution in [1.29, 1.82) is 0 Å². The van der Waals surface area contributed by atoms with Gasteiger partial charge in [-0.15, -0.1) is 0 Å². The van der Waals surface area contributed by atoms with E-state index in [1.54, 1.807) is 18.2 Å². The predicted octanol–water partition coefficient (Wildman–Crippen LogP) is 2.90. The lowest BCUT2D eigenvalue weighted by atomic mass is 9.95. The van der Waals surface area contributed by atoms with Crippen LogP contribution in [0.3, 0.4) is 0 Å². The Morgan fingerprint density at radius 2 is 2.08 bits per heavy atom. The molecule has 1 saturated heterocycles. The number of likely N-dealkylation sites (tertiary alicyclic amines) is 1. The van der Waals surface area contributed by atoms with Crippen LogP contribution in [0.5, 0.6) is 0 Å². The van der Waals surface area contributed by atoms with E-state index in [1.807, 2.05) is 11.8 Å². The Balaban J connectivity index is 1.67. The van der Waals surface area contributed by atoms with E-state index < -0.39 is 0 Å². The van der Waals surface area contributed by atoms with E-state index in [9.17, 15) is 9.59 Å². The third kappa shape index (κ3) is 4.04. The predicted molar refractivity (Wildman–Crippen MR) is 99.2 cm³/mol. The molecule has 0 atom stereocenters. The fraction of sp³-hybridized carbons (Fsp3) is 0.444. The highest BCUT2D eigenvalue weighted by Crippen LogP contribution is 2.29. The normalized spacial score (nSPS) is 15.1. The van der Waals surface area contributed by atoms with E-state index in [0.717, 1.165) is 6.42 Å². The fourth-order valence-corrected chi connectivity index (χ4v) is 3.43. The summed E-state index contributed by atoms with van der Waals surface area (Å²) in [4.78, 5) is 30.5. The Morgan fingerprint density at radius 3 is 2.73 bits per heavy atom. The van der Waals surface area contributed by atoms with Gasteiger partial charge in [-0.2, -0.15) is 5.10 Å². The molecular formula is C18H22ClN5O2. The summed E-state index contributed by atoms with van der Waals surface area (Å²) in [7, 11) is 0. The highest BCUT2D eigenvalue weighted by atomic mass is 35.5. The molecule has 26 heavy (non-hydrogen) atoms. The fourth-order valence-electron chi connectivity index (χ4n) is 3.17. The Morgan fingerprint density at radius 1 is 1.31 bits per heavy atom. The first-order valence-electron chi connectivity index (χ1n) is 8.82.